The van der Waals surface area contributed by atoms with Crippen LogP contribution in [-0.2, 0) is 11.3 Å². The molecule has 3 rings (SSSR count). The molecule has 1 amide bonds. The summed E-state index contributed by atoms with van der Waals surface area (Å²) in [5, 5.41) is 2.85. The Labute approximate surface area is 158 Å². The highest BCUT2D eigenvalue weighted by Crippen LogP contribution is 2.17. The van der Waals surface area contributed by atoms with Gasteiger partial charge in [-0.3, -0.25) is 9.59 Å². The molecule has 0 aliphatic heterocycles. The Morgan fingerprint density at radius 2 is 1.37 bits per heavy atom. The molecule has 3 aromatic carbocycles. The molecule has 0 bridgehead atoms. The molecule has 1 N–H and O–H groups in total. The lowest BCUT2D eigenvalue weighted by molar-refractivity contribution is -0.127. The molecule has 0 heterocycles. The smallest absolute Gasteiger partial charge is 0.261 e. The molecule has 0 spiro atoms. The zero-order valence-electron chi connectivity index (χ0n) is 15.1. The van der Waals surface area contributed by atoms with Gasteiger partial charge in [-0.15, -0.1) is 0 Å². The Morgan fingerprint density at radius 1 is 0.815 bits per heavy atom. The standard InChI is InChI=1S/C23H21NO3/c1-17(23(26)24-16-18-8-4-2-5-9-18)27-21-14-12-20(13-15-21)22(25)19-10-6-3-7-11-19/h2-15,17H,16H2,1H3,(H,24,26)/t17-/m1/s1. The van der Waals surface area contributed by atoms with Gasteiger partial charge in [0.15, 0.2) is 11.9 Å². The van der Waals surface area contributed by atoms with Gasteiger partial charge in [0.1, 0.15) is 5.75 Å². The molecule has 1 atom stereocenters. The van der Waals surface area contributed by atoms with Gasteiger partial charge in [-0.2, -0.15) is 0 Å². The minimum Gasteiger partial charge on any atom is -0.481 e. The Hall–Kier alpha value is -3.40. The third kappa shape index (κ3) is 5.05. The number of ether oxygens (including phenoxy) is 1. The van der Waals surface area contributed by atoms with Crippen LogP contribution >= 0.6 is 0 Å². The van der Waals surface area contributed by atoms with Crippen molar-refractivity contribution in [2.45, 2.75) is 19.6 Å². The number of amides is 1. The van der Waals surface area contributed by atoms with Crippen molar-refractivity contribution in [3.8, 4) is 5.75 Å². The first-order chi connectivity index (χ1) is 13.1. The minimum atomic E-state index is -0.635. The zero-order chi connectivity index (χ0) is 19.1. The van der Waals surface area contributed by atoms with Gasteiger partial charge in [0.2, 0.25) is 0 Å². The summed E-state index contributed by atoms with van der Waals surface area (Å²) in [6, 6.07) is 25.6. The first-order valence-electron chi connectivity index (χ1n) is 8.81. The average Bonchev–Trinajstić information content (AvgIpc) is 2.73. The maximum Gasteiger partial charge on any atom is 0.261 e. The highest BCUT2D eigenvalue weighted by molar-refractivity contribution is 6.08. The molecule has 0 aromatic heterocycles. The van der Waals surface area contributed by atoms with Crippen molar-refractivity contribution in [1.29, 1.82) is 0 Å². The monoisotopic (exact) mass is 359 g/mol. The van der Waals surface area contributed by atoms with Crippen LogP contribution in [0.5, 0.6) is 5.75 Å². The maximum atomic E-state index is 12.4. The van der Waals surface area contributed by atoms with E-state index in [2.05, 4.69) is 5.32 Å². The summed E-state index contributed by atoms with van der Waals surface area (Å²) in [5.41, 5.74) is 2.25. The van der Waals surface area contributed by atoms with E-state index < -0.39 is 6.10 Å². The molecule has 0 saturated heterocycles. The third-order valence-electron chi connectivity index (χ3n) is 4.14. The van der Waals surface area contributed by atoms with Gasteiger partial charge >= 0.3 is 0 Å². The number of carbonyl (C=O) groups excluding carboxylic acids is 2. The molecule has 0 aliphatic carbocycles. The number of ketones is 1. The average molecular weight is 359 g/mol. The second-order valence-corrected chi connectivity index (χ2v) is 6.18. The number of nitrogens with one attached hydrogen (secondary N) is 1. The van der Waals surface area contributed by atoms with Crippen molar-refractivity contribution in [2.24, 2.45) is 0 Å². The van der Waals surface area contributed by atoms with E-state index in [-0.39, 0.29) is 11.7 Å². The molecule has 0 fully saturated rings. The van der Waals surface area contributed by atoms with E-state index in [4.69, 9.17) is 4.74 Å². The second kappa shape index (κ2) is 8.81. The fraction of sp³-hybridized carbons (Fsp3) is 0.130. The van der Waals surface area contributed by atoms with Crippen LogP contribution in [0.3, 0.4) is 0 Å². The highest BCUT2D eigenvalue weighted by atomic mass is 16.5. The van der Waals surface area contributed by atoms with Gasteiger partial charge < -0.3 is 10.1 Å². The van der Waals surface area contributed by atoms with Crippen molar-refractivity contribution in [2.75, 3.05) is 0 Å². The summed E-state index contributed by atoms with van der Waals surface area (Å²) in [7, 11) is 0. The van der Waals surface area contributed by atoms with Crippen LogP contribution in [0.25, 0.3) is 0 Å². The fourth-order valence-electron chi connectivity index (χ4n) is 2.63. The van der Waals surface area contributed by atoms with Crippen LogP contribution in [0.2, 0.25) is 0 Å². The number of carbonyl (C=O) groups is 2. The zero-order valence-corrected chi connectivity index (χ0v) is 15.1. The number of rotatable bonds is 7. The summed E-state index contributed by atoms with van der Waals surface area (Å²) < 4.78 is 5.68. The maximum absolute atomic E-state index is 12.4. The van der Waals surface area contributed by atoms with E-state index in [0.29, 0.717) is 23.4 Å². The van der Waals surface area contributed by atoms with E-state index in [1.165, 1.54) is 0 Å². The molecule has 136 valence electrons. The molecule has 27 heavy (non-hydrogen) atoms. The van der Waals surface area contributed by atoms with Crippen LogP contribution < -0.4 is 10.1 Å². The Balaban J connectivity index is 1.56. The van der Waals surface area contributed by atoms with Crippen molar-refractivity contribution < 1.29 is 14.3 Å². The Morgan fingerprint density at radius 3 is 2.00 bits per heavy atom. The Kier molecular flexibility index (Phi) is 6.00. The highest BCUT2D eigenvalue weighted by Gasteiger charge is 2.15. The van der Waals surface area contributed by atoms with Gasteiger partial charge in [-0.1, -0.05) is 60.7 Å². The summed E-state index contributed by atoms with van der Waals surface area (Å²) in [6.45, 7) is 2.15. The van der Waals surface area contributed by atoms with Crippen LogP contribution in [0.4, 0.5) is 0 Å². The molecular formula is C23H21NO3. The van der Waals surface area contributed by atoms with E-state index in [9.17, 15) is 9.59 Å². The first kappa shape index (κ1) is 18.4. The van der Waals surface area contributed by atoms with Crippen LogP contribution in [0.1, 0.15) is 28.4 Å². The van der Waals surface area contributed by atoms with Gasteiger partial charge in [-0.25, -0.2) is 0 Å². The molecule has 0 unspecified atom stereocenters. The third-order valence-corrected chi connectivity index (χ3v) is 4.14. The van der Waals surface area contributed by atoms with Gasteiger partial charge in [-0.05, 0) is 36.8 Å². The van der Waals surface area contributed by atoms with Gasteiger partial charge in [0, 0.05) is 17.7 Å². The van der Waals surface area contributed by atoms with Gasteiger partial charge in [0.05, 0.1) is 0 Å². The summed E-state index contributed by atoms with van der Waals surface area (Å²) in [4.78, 5) is 24.6. The van der Waals surface area contributed by atoms with Crippen molar-refractivity contribution in [3.05, 3.63) is 102 Å². The van der Waals surface area contributed by atoms with E-state index in [1.54, 1.807) is 43.3 Å². The Bertz CT molecular complexity index is 890. The minimum absolute atomic E-state index is 0.0456. The first-order valence-corrected chi connectivity index (χ1v) is 8.81. The van der Waals surface area contributed by atoms with Crippen molar-refractivity contribution in [3.63, 3.8) is 0 Å². The molecule has 0 radical (unpaired) electrons. The predicted octanol–water partition coefficient (Wildman–Crippen LogP) is 4.00. The summed E-state index contributed by atoms with van der Waals surface area (Å²) in [5.74, 6) is 0.307. The van der Waals surface area contributed by atoms with Crippen LogP contribution in [-0.4, -0.2) is 17.8 Å². The largest absolute Gasteiger partial charge is 0.481 e. The van der Waals surface area contributed by atoms with E-state index >= 15 is 0 Å². The lowest BCUT2D eigenvalue weighted by atomic mass is 10.0. The number of benzene rings is 3. The lowest BCUT2D eigenvalue weighted by Gasteiger charge is -2.15. The van der Waals surface area contributed by atoms with Crippen molar-refractivity contribution >= 4 is 11.7 Å². The topological polar surface area (TPSA) is 55.4 Å². The molecule has 0 saturated carbocycles. The second-order valence-electron chi connectivity index (χ2n) is 6.18. The summed E-state index contributed by atoms with van der Waals surface area (Å²) >= 11 is 0. The number of hydrogen-bond acceptors (Lipinski definition) is 3. The number of hydrogen-bond donors (Lipinski definition) is 1. The van der Waals surface area contributed by atoms with E-state index in [1.807, 2.05) is 48.5 Å². The van der Waals surface area contributed by atoms with Crippen molar-refractivity contribution in [1.82, 2.24) is 5.32 Å². The molecule has 4 nitrogen and oxygen atoms in total. The normalized spacial score (nSPS) is 11.4. The van der Waals surface area contributed by atoms with Gasteiger partial charge in [0.25, 0.3) is 5.91 Å². The fourth-order valence-corrected chi connectivity index (χ4v) is 2.63. The molecule has 0 aliphatic rings. The van der Waals surface area contributed by atoms with E-state index in [0.717, 1.165) is 5.56 Å². The van der Waals surface area contributed by atoms with Crippen LogP contribution in [0.15, 0.2) is 84.9 Å². The van der Waals surface area contributed by atoms with Crippen LogP contribution in [0, 0.1) is 0 Å². The molecule has 4 heteroatoms. The summed E-state index contributed by atoms with van der Waals surface area (Å²) in [6.07, 6.45) is -0.635. The predicted molar refractivity (Wildman–Crippen MR) is 105 cm³/mol. The lowest BCUT2D eigenvalue weighted by Crippen LogP contribution is -2.35. The SMILES string of the molecule is C[C@@H](Oc1ccc(C(=O)c2ccccc2)cc1)C(=O)NCc1ccccc1. The molecular weight excluding hydrogens is 338 g/mol. The quantitative estimate of drug-likeness (QED) is 0.649. The molecule has 3 aromatic rings.